The van der Waals surface area contributed by atoms with Crippen LogP contribution in [0.2, 0.25) is 0 Å². The number of ether oxygens (including phenoxy) is 3. The largest absolute Gasteiger partial charge is 0.491 e. The monoisotopic (exact) mass is 296 g/mol. The van der Waals surface area contributed by atoms with Crippen LogP contribution in [-0.2, 0) is 0 Å². The number of rotatable bonds is 7. The molecule has 0 heterocycles. The van der Waals surface area contributed by atoms with Crippen molar-refractivity contribution in [3.8, 4) is 17.2 Å². The number of carboxylic acid groups (broad SMARTS) is 1. The quantitative estimate of drug-likeness (QED) is 0.830. The lowest BCUT2D eigenvalue weighted by Gasteiger charge is -2.20. The molecule has 0 bridgehead atoms. The first kappa shape index (κ1) is 17.1. The molecule has 21 heavy (non-hydrogen) atoms. The number of aromatic carboxylic acids is 1. The Bertz CT molecular complexity index is 460. The van der Waals surface area contributed by atoms with E-state index in [2.05, 4.69) is 0 Å². The van der Waals surface area contributed by atoms with Gasteiger partial charge in [-0.3, -0.25) is 0 Å². The van der Waals surface area contributed by atoms with E-state index in [0.29, 0.717) is 5.75 Å². The third kappa shape index (κ3) is 5.17. The van der Waals surface area contributed by atoms with Crippen LogP contribution in [0.3, 0.4) is 0 Å². The molecule has 0 aromatic heterocycles. The maximum absolute atomic E-state index is 11.5. The van der Waals surface area contributed by atoms with Crippen molar-refractivity contribution in [2.24, 2.45) is 0 Å². The van der Waals surface area contributed by atoms with Gasteiger partial charge in [0.05, 0.1) is 18.3 Å². The van der Waals surface area contributed by atoms with Crippen LogP contribution in [0.1, 0.15) is 51.9 Å². The lowest BCUT2D eigenvalue weighted by molar-refractivity contribution is 0.0683. The maximum Gasteiger partial charge on any atom is 0.343 e. The van der Waals surface area contributed by atoms with Crippen LogP contribution in [0, 0.1) is 0 Å². The highest BCUT2D eigenvalue weighted by atomic mass is 16.5. The maximum atomic E-state index is 11.5. The Balaban J connectivity index is 3.37. The fourth-order valence-electron chi connectivity index (χ4n) is 1.81. The molecule has 118 valence electrons. The third-order valence-electron chi connectivity index (χ3n) is 2.35. The average Bonchev–Trinajstić information content (AvgIpc) is 2.24. The molecule has 0 amide bonds. The summed E-state index contributed by atoms with van der Waals surface area (Å²) >= 11 is 0. The van der Waals surface area contributed by atoms with Gasteiger partial charge in [-0.1, -0.05) is 0 Å². The van der Waals surface area contributed by atoms with E-state index >= 15 is 0 Å². The Morgan fingerprint density at radius 2 is 1.24 bits per heavy atom. The predicted molar refractivity (Wildman–Crippen MR) is 80.7 cm³/mol. The second-order valence-electron chi connectivity index (χ2n) is 5.60. The van der Waals surface area contributed by atoms with Gasteiger partial charge in [0.1, 0.15) is 22.8 Å². The molecule has 0 fully saturated rings. The summed E-state index contributed by atoms with van der Waals surface area (Å²) in [6.07, 6.45) is -0.326. The van der Waals surface area contributed by atoms with Gasteiger partial charge in [0.15, 0.2) is 0 Å². The fourth-order valence-corrected chi connectivity index (χ4v) is 1.81. The Kier molecular flexibility index (Phi) is 5.88. The molecule has 1 N–H and O–H groups in total. The number of hydrogen-bond acceptors (Lipinski definition) is 4. The molecule has 0 atom stereocenters. The van der Waals surface area contributed by atoms with Crippen molar-refractivity contribution >= 4 is 5.97 Å². The van der Waals surface area contributed by atoms with Crippen molar-refractivity contribution in [3.63, 3.8) is 0 Å². The van der Waals surface area contributed by atoms with Gasteiger partial charge in [-0.05, 0) is 41.5 Å². The summed E-state index contributed by atoms with van der Waals surface area (Å²) in [6.45, 7) is 11.2. The molecular formula is C16H24O5. The zero-order valence-corrected chi connectivity index (χ0v) is 13.5. The number of benzene rings is 1. The lowest BCUT2D eigenvalue weighted by Crippen LogP contribution is -2.15. The summed E-state index contributed by atoms with van der Waals surface area (Å²) in [5, 5.41) is 9.44. The number of hydrogen-bond donors (Lipinski definition) is 1. The van der Waals surface area contributed by atoms with E-state index in [1.807, 2.05) is 41.5 Å². The molecular weight excluding hydrogens is 272 g/mol. The molecule has 0 saturated heterocycles. The summed E-state index contributed by atoms with van der Waals surface area (Å²) < 4.78 is 16.9. The van der Waals surface area contributed by atoms with Crippen LogP contribution >= 0.6 is 0 Å². The molecule has 1 rings (SSSR count). The minimum absolute atomic E-state index is 0.0218. The molecule has 0 aliphatic heterocycles. The first-order valence-electron chi connectivity index (χ1n) is 7.12. The summed E-state index contributed by atoms with van der Waals surface area (Å²) in [5.74, 6) is -0.0451. The van der Waals surface area contributed by atoms with Crippen molar-refractivity contribution in [3.05, 3.63) is 17.7 Å². The van der Waals surface area contributed by atoms with E-state index in [1.54, 1.807) is 12.1 Å². The van der Waals surface area contributed by atoms with Crippen LogP contribution in [0.5, 0.6) is 17.2 Å². The second kappa shape index (κ2) is 7.20. The molecule has 0 unspecified atom stereocenters. The number of carboxylic acids is 1. The highest BCUT2D eigenvalue weighted by Gasteiger charge is 2.22. The van der Waals surface area contributed by atoms with E-state index in [1.165, 1.54) is 0 Å². The molecule has 0 saturated carbocycles. The van der Waals surface area contributed by atoms with Gasteiger partial charge in [0, 0.05) is 12.1 Å². The first-order valence-corrected chi connectivity index (χ1v) is 7.12. The van der Waals surface area contributed by atoms with E-state index < -0.39 is 5.97 Å². The predicted octanol–water partition coefficient (Wildman–Crippen LogP) is 3.75. The van der Waals surface area contributed by atoms with Gasteiger partial charge < -0.3 is 19.3 Å². The zero-order chi connectivity index (χ0) is 16.2. The minimum Gasteiger partial charge on any atom is -0.491 e. The summed E-state index contributed by atoms with van der Waals surface area (Å²) in [4.78, 5) is 11.5. The molecule has 1 aromatic rings. The highest BCUT2D eigenvalue weighted by molar-refractivity contribution is 5.94. The van der Waals surface area contributed by atoms with Crippen molar-refractivity contribution in [1.29, 1.82) is 0 Å². The zero-order valence-electron chi connectivity index (χ0n) is 13.5. The van der Waals surface area contributed by atoms with Gasteiger partial charge in [-0.15, -0.1) is 0 Å². The first-order chi connectivity index (χ1) is 9.70. The third-order valence-corrected chi connectivity index (χ3v) is 2.35. The Morgan fingerprint density at radius 3 is 1.52 bits per heavy atom. The average molecular weight is 296 g/mol. The second-order valence-corrected chi connectivity index (χ2v) is 5.60. The van der Waals surface area contributed by atoms with Crippen LogP contribution in [-0.4, -0.2) is 29.4 Å². The summed E-state index contributed by atoms with van der Waals surface area (Å²) in [5.41, 5.74) is 0.0218. The lowest BCUT2D eigenvalue weighted by atomic mass is 10.1. The van der Waals surface area contributed by atoms with Gasteiger partial charge in [0.25, 0.3) is 0 Å². The summed E-state index contributed by atoms with van der Waals surface area (Å²) in [7, 11) is 0. The Morgan fingerprint density at radius 1 is 0.857 bits per heavy atom. The molecule has 0 aliphatic carbocycles. The van der Waals surface area contributed by atoms with Crippen LogP contribution in [0.25, 0.3) is 0 Å². The van der Waals surface area contributed by atoms with E-state index in [9.17, 15) is 9.90 Å². The van der Waals surface area contributed by atoms with Crippen molar-refractivity contribution in [2.45, 2.75) is 59.9 Å². The van der Waals surface area contributed by atoms with Crippen LogP contribution < -0.4 is 14.2 Å². The molecule has 0 radical (unpaired) electrons. The smallest absolute Gasteiger partial charge is 0.343 e. The van der Waals surface area contributed by atoms with Crippen LogP contribution in [0.4, 0.5) is 0 Å². The highest BCUT2D eigenvalue weighted by Crippen LogP contribution is 2.36. The topological polar surface area (TPSA) is 65.0 Å². The molecule has 0 spiro atoms. The Hall–Kier alpha value is -1.91. The van der Waals surface area contributed by atoms with E-state index in [0.717, 1.165) is 0 Å². The standard InChI is InChI=1S/C16H24O5/c1-9(2)19-12-7-13(20-10(3)4)15(16(17)18)14(8-12)21-11(5)6/h7-11H,1-6H3,(H,17,18). The van der Waals surface area contributed by atoms with Crippen molar-refractivity contribution < 1.29 is 24.1 Å². The Labute approximate surface area is 125 Å². The number of carbonyl (C=O) groups is 1. The van der Waals surface area contributed by atoms with Gasteiger partial charge in [-0.2, -0.15) is 0 Å². The van der Waals surface area contributed by atoms with E-state index in [-0.39, 0.29) is 35.4 Å². The molecule has 5 heteroatoms. The normalized spacial score (nSPS) is 11.1. The fraction of sp³-hybridized carbons (Fsp3) is 0.562. The van der Waals surface area contributed by atoms with Crippen molar-refractivity contribution in [2.75, 3.05) is 0 Å². The molecule has 5 nitrogen and oxygen atoms in total. The van der Waals surface area contributed by atoms with Gasteiger partial charge in [0.2, 0.25) is 0 Å². The molecule has 1 aromatic carbocycles. The molecule has 0 aliphatic rings. The van der Waals surface area contributed by atoms with Gasteiger partial charge in [-0.25, -0.2) is 4.79 Å². The van der Waals surface area contributed by atoms with Crippen molar-refractivity contribution in [1.82, 2.24) is 0 Å². The minimum atomic E-state index is -1.09. The SMILES string of the molecule is CC(C)Oc1cc(OC(C)C)c(C(=O)O)c(OC(C)C)c1. The van der Waals surface area contributed by atoms with Crippen LogP contribution in [0.15, 0.2) is 12.1 Å². The van der Waals surface area contributed by atoms with E-state index in [4.69, 9.17) is 14.2 Å². The summed E-state index contributed by atoms with van der Waals surface area (Å²) in [6, 6.07) is 3.19. The van der Waals surface area contributed by atoms with Gasteiger partial charge >= 0.3 is 5.97 Å².